The van der Waals surface area contributed by atoms with E-state index in [4.69, 9.17) is 9.16 Å². The number of esters is 1. The third kappa shape index (κ3) is 9.72. The lowest BCUT2D eigenvalue weighted by Gasteiger charge is -2.40. The highest BCUT2D eigenvalue weighted by Gasteiger charge is 2.39. The molecule has 4 heteroatoms. The largest absolute Gasteiger partial charge is 0.461 e. The van der Waals surface area contributed by atoms with Crippen LogP contribution in [-0.2, 0) is 14.0 Å². The third-order valence-electron chi connectivity index (χ3n) is 5.26. The van der Waals surface area contributed by atoms with Crippen LogP contribution in [0.3, 0.4) is 0 Å². The number of allylic oxidation sites excluding steroid dienone is 1. The van der Waals surface area contributed by atoms with Crippen molar-refractivity contribution < 1.29 is 14.0 Å². The fourth-order valence-electron chi connectivity index (χ4n) is 2.55. The summed E-state index contributed by atoms with van der Waals surface area (Å²) >= 11 is 0. The highest BCUT2D eigenvalue weighted by Crippen LogP contribution is 2.38. The van der Waals surface area contributed by atoms with Crippen molar-refractivity contribution >= 4 is 14.3 Å². The van der Waals surface area contributed by atoms with Gasteiger partial charge in [0.1, 0.15) is 6.61 Å². The van der Waals surface area contributed by atoms with E-state index in [-0.39, 0.29) is 23.0 Å². The first-order valence-corrected chi connectivity index (χ1v) is 12.9. The van der Waals surface area contributed by atoms with E-state index in [0.29, 0.717) is 12.5 Å². The van der Waals surface area contributed by atoms with Crippen LogP contribution in [0.4, 0.5) is 0 Å². The molecule has 0 amide bonds. The predicted octanol–water partition coefficient (Wildman–Crippen LogP) is 6.51. The van der Waals surface area contributed by atoms with Gasteiger partial charge in [-0.25, -0.2) is 0 Å². The molecule has 0 aromatic carbocycles. The second-order valence-corrected chi connectivity index (χ2v) is 14.0. The number of carbonyl (C=O) groups is 1. The summed E-state index contributed by atoms with van der Waals surface area (Å²) in [7, 11) is -1.87. The molecule has 3 nitrogen and oxygen atoms in total. The maximum absolute atomic E-state index is 11.0. The van der Waals surface area contributed by atoms with Gasteiger partial charge < -0.3 is 9.16 Å². The summed E-state index contributed by atoms with van der Waals surface area (Å²) in [5, 5.41) is 0.169. The molecule has 0 aliphatic carbocycles. The molecule has 0 N–H and O–H groups in total. The van der Waals surface area contributed by atoms with Crippen LogP contribution in [0, 0.1) is 11.8 Å². The molecule has 0 aliphatic heterocycles. The summed E-state index contributed by atoms with van der Waals surface area (Å²) in [5.74, 6) is 0.584. The lowest BCUT2D eigenvalue weighted by molar-refractivity contribution is -0.140. The zero-order valence-electron chi connectivity index (χ0n) is 18.6. The summed E-state index contributed by atoms with van der Waals surface area (Å²) in [4.78, 5) is 11.0. The first-order chi connectivity index (χ1) is 11.8. The molecule has 3 atom stereocenters. The van der Waals surface area contributed by atoms with Crippen LogP contribution in [0.1, 0.15) is 67.7 Å². The lowest BCUT2D eigenvalue weighted by Crippen LogP contribution is -2.45. The summed E-state index contributed by atoms with van der Waals surface area (Å²) in [6.07, 6.45) is 7.78. The number of ether oxygens (including phenoxy) is 1. The van der Waals surface area contributed by atoms with E-state index in [1.54, 1.807) is 0 Å². The van der Waals surface area contributed by atoms with Crippen LogP contribution in [0.15, 0.2) is 24.3 Å². The van der Waals surface area contributed by atoms with E-state index in [2.05, 4.69) is 73.4 Å². The van der Waals surface area contributed by atoms with Gasteiger partial charge in [0.15, 0.2) is 8.32 Å². The van der Waals surface area contributed by atoms with Crippen molar-refractivity contribution in [3.63, 3.8) is 0 Å². The number of hydrogen-bond donors (Lipinski definition) is 0. The van der Waals surface area contributed by atoms with Gasteiger partial charge in [-0.3, -0.25) is 4.79 Å². The van der Waals surface area contributed by atoms with Gasteiger partial charge in [0.2, 0.25) is 0 Å². The van der Waals surface area contributed by atoms with E-state index in [9.17, 15) is 4.79 Å². The molecule has 0 rings (SSSR count). The van der Waals surface area contributed by atoms with Gasteiger partial charge in [0, 0.05) is 6.92 Å². The molecular weight excluding hydrogens is 340 g/mol. The first-order valence-electron chi connectivity index (χ1n) is 9.96. The van der Waals surface area contributed by atoms with Crippen LogP contribution < -0.4 is 0 Å². The van der Waals surface area contributed by atoms with Crippen molar-refractivity contribution in [1.29, 1.82) is 0 Å². The van der Waals surface area contributed by atoms with Crippen LogP contribution in [0.2, 0.25) is 18.1 Å². The van der Waals surface area contributed by atoms with E-state index in [1.165, 1.54) is 19.8 Å². The molecule has 0 heterocycles. The molecule has 0 bridgehead atoms. The van der Waals surface area contributed by atoms with Gasteiger partial charge in [-0.15, -0.1) is 0 Å². The molecule has 0 aliphatic rings. The number of carbonyl (C=O) groups excluding carboxylic acids is 1. The Kier molecular flexibility index (Phi) is 10.7. The minimum absolute atomic E-state index is 0.0595. The van der Waals surface area contributed by atoms with Crippen molar-refractivity contribution in [1.82, 2.24) is 0 Å². The molecule has 0 fully saturated rings. The molecule has 0 aromatic heterocycles. The maximum atomic E-state index is 11.0. The standard InChI is InChI=1S/C22H42O3Si/c1-11-12-17(2)13-14-21(25-26(9,10)22(6,7)8)19(4)15-18(3)16-24-20(5)23/h13-14,17,19,21H,3,11-12,15-16H2,1-2,4-10H3/t17-,19-,21-/m0/s1. The fraction of sp³-hybridized carbons (Fsp3) is 0.773. The Morgan fingerprint density at radius 2 is 1.77 bits per heavy atom. The number of hydrogen-bond acceptors (Lipinski definition) is 3. The van der Waals surface area contributed by atoms with E-state index in [0.717, 1.165) is 12.0 Å². The van der Waals surface area contributed by atoms with E-state index < -0.39 is 8.32 Å². The van der Waals surface area contributed by atoms with Gasteiger partial charge in [0.25, 0.3) is 0 Å². The summed E-state index contributed by atoms with van der Waals surface area (Å²) in [5.41, 5.74) is 0.937. The van der Waals surface area contributed by atoms with Crippen molar-refractivity contribution in [2.45, 2.75) is 92.0 Å². The topological polar surface area (TPSA) is 35.5 Å². The molecule has 26 heavy (non-hydrogen) atoms. The highest BCUT2D eigenvalue weighted by atomic mass is 28.4. The minimum Gasteiger partial charge on any atom is -0.461 e. The monoisotopic (exact) mass is 382 g/mol. The third-order valence-corrected chi connectivity index (χ3v) is 9.74. The van der Waals surface area contributed by atoms with E-state index in [1.807, 2.05) is 0 Å². The van der Waals surface area contributed by atoms with Crippen LogP contribution in [-0.4, -0.2) is 27.0 Å². The quantitative estimate of drug-likeness (QED) is 0.232. The van der Waals surface area contributed by atoms with Crippen molar-refractivity contribution in [2.75, 3.05) is 6.61 Å². The normalized spacial score (nSPS) is 16.3. The summed E-state index contributed by atoms with van der Waals surface area (Å²) < 4.78 is 11.8. The number of rotatable bonds is 11. The second kappa shape index (κ2) is 11.1. The van der Waals surface area contributed by atoms with Crippen molar-refractivity contribution in [3.8, 4) is 0 Å². The summed E-state index contributed by atoms with van der Waals surface area (Å²) in [6, 6.07) is 0. The fourth-order valence-corrected chi connectivity index (χ4v) is 3.89. The van der Waals surface area contributed by atoms with E-state index >= 15 is 0 Å². The van der Waals surface area contributed by atoms with Gasteiger partial charge in [-0.1, -0.05) is 66.7 Å². The molecule has 0 radical (unpaired) electrons. The molecular formula is C22H42O3Si. The van der Waals surface area contributed by atoms with Gasteiger partial charge in [-0.2, -0.15) is 0 Å². The summed E-state index contributed by atoms with van der Waals surface area (Å²) in [6.45, 7) is 23.9. The van der Waals surface area contributed by atoms with Crippen LogP contribution in [0.5, 0.6) is 0 Å². The highest BCUT2D eigenvalue weighted by molar-refractivity contribution is 6.74. The van der Waals surface area contributed by atoms with Gasteiger partial charge >= 0.3 is 5.97 Å². The Morgan fingerprint density at radius 1 is 1.19 bits per heavy atom. The molecule has 152 valence electrons. The van der Waals surface area contributed by atoms with Crippen LogP contribution in [0.25, 0.3) is 0 Å². The van der Waals surface area contributed by atoms with Crippen molar-refractivity contribution in [3.05, 3.63) is 24.3 Å². The molecule has 0 spiro atoms. The Bertz CT molecular complexity index is 474. The average Bonchev–Trinajstić information content (AvgIpc) is 2.48. The molecule has 0 saturated carbocycles. The predicted molar refractivity (Wildman–Crippen MR) is 115 cm³/mol. The zero-order valence-corrected chi connectivity index (χ0v) is 19.6. The van der Waals surface area contributed by atoms with Crippen LogP contribution >= 0.6 is 0 Å². The van der Waals surface area contributed by atoms with Crippen molar-refractivity contribution in [2.24, 2.45) is 11.8 Å². The molecule has 0 aromatic rings. The Hall–Kier alpha value is -0.873. The molecule has 0 saturated heterocycles. The Morgan fingerprint density at radius 3 is 2.23 bits per heavy atom. The second-order valence-electron chi connectivity index (χ2n) is 9.21. The first kappa shape index (κ1) is 25.1. The van der Waals surface area contributed by atoms with Gasteiger partial charge in [0.05, 0.1) is 6.10 Å². The molecule has 0 unspecified atom stereocenters. The SMILES string of the molecule is C=C(COC(C)=O)C[C@H](C)[C@H](C=C[C@@H](C)CCC)O[Si](C)(C)C(C)(C)C. The maximum Gasteiger partial charge on any atom is 0.302 e. The lowest BCUT2D eigenvalue weighted by atomic mass is 9.95. The minimum atomic E-state index is -1.87. The Balaban J connectivity index is 5.18. The van der Waals surface area contributed by atoms with Gasteiger partial charge in [-0.05, 0) is 48.4 Å². The zero-order chi connectivity index (χ0) is 20.5. The smallest absolute Gasteiger partial charge is 0.302 e. The Labute approximate surface area is 163 Å². The average molecular weight is 383 g/mol.